The van der Waals surface area contributed by atoms with Crippen LogP contribution in [-0.4, -0.2) is 41.5 Å². The zero-order chi connectivity index (χ0) is 17.1. The Hall–Kier alpha value is -1.81. The molecule has 1 amide bonds. The number of fused-ring (bicyclic) bond motifs is 1. The highest BCUT2D eigenvalue weighted by Crippen LogP contribution is 2.29. The minimum Gasteiger partial charge on any atom is -0.358 e. The standard InChI is InChI=1S/C21H29N3O/c25-21(22-18-6-2-3-7-18)11-14-24-12-9-16(10-13-24)20-15-17-5-1-4-8-19(17)23-20/h1,4-5,8,15-16,18,23H,2-3,6-7,9-14H2,(H,22,25). The molecule has 0 bridgehead atoms. The third-order valence-corrected chi connectivity index (χ3v) is 5.95. The van der Waals surface area contributed by atoms with Crippen LogP contribution in [0.5, 0.6) is 0 Å². The Morgan fingerprint density at radius 3 is 2.64 bits per heavy atom. The molecule has 4 nitrogen and oxygen atoms in total. The van der Waals surface area contributed by atoms with Gasteiger partial charge in [0, 0.05) is 36.1 Å². The average Bonchev–Trinajstić information content (AvgIpc) is 3.29. The summed E-state index contributed by atoms with van der Waals surface area (Å²) in [6, 6.07) is 11.3. The van der Waals surface area contributed by atoms with Gasteiger partial charge < -0.3 is 15.2 Å². The maximum absolute atomic E-state index is 12.1. The molecular formula is C21H29N3O. The van der Waals surface area contributed by atoms with E-state index in [2.05, 4.69) is 45.5 Å². The minimum atomic E-state index is 0.240. The molecule has 2 N–H and O–H groups in total. The Kier molecular flexibility index (Phi) is 5.07. The summed E-state index contributed by atoms with van der Waals surface area (Å²) in [5, 5.41) is 4.51. The van der Waals surface area contributed by atoms with Gasteiger partial charge in [-0.15, -0.1) is 0 Å². The van der Waals surface area contributed by atoms with Crippen LogP contribution >= 0.6 is 0 Å². The summed E-state index contributed by atoms with van der Waals surface area (Å²) in [5.41, 5.74) is 2.61. The van der Waals surface area contributed by atoms with Gasteiger partial charge in [-0.05, 0) is 56.3 Å². The lowest BCUT2D eigenvalue weighted by Gasteiger charge is -2.31. The van der Waals surface area contributed by atoms with Crippen LogP contribution in [-0.2, 0) is 4.79 Å². The quantitative estimate of drug-likeness (QED) is 0.870. The molecule has 1 aliphatic carbocycles. The largest absolute Gasteiger partial charge is 0.358 e. The number of amides is 1. The summed E-state index contributed by atoms with van der Waals surface area (Å²) < 4.78 is 0. The van der Waals surface area contributed by atoms with Crippen molar-refractivity contribution in [1.29, 1.82) is 0 Å². The number of H-pyrrole nitrogens is 1. The number of para-hydroxylation sites is 1. The molecule has 0 radical (unpaired) electrons. The van der Waals surface area contributed by atoms with E-state index in [-0.39, 0.29) is 5.91 Å². The van der Waals surface area contributed by atoms with Crippen molar-refractivity contribution >= 4 is 16.8 Å². The number of piperidine rings is 1. The van der Waals surface area contributed by atoms with Crippen LogP contribution in [0.15, 0.2) is 30.3 Å². The Morgan fingerprint density at radius 1 is 1.12 bits per heavy atom. The molecular weight excluding hydrogens is 310 g/mol. The lowest BCUT2D eigenvalue weighted by Crippen LogP contribution is -2.38. The van der Waals surface area contributed by atoms with Crippen LogP contribution < -0.4 is 5.32 Å². The van der Waals surface area contributed by atoms with Crippen molar-refractivity contribution in [3.05, 3.63) is 36.0 Å². The molecule has 0 spiro atoms. The molecule has 1 aromatic carbocycles. The van der Waals surface area contributed by atoms with E-state index in [4.69, 9.17) is 0 Å². The number of aromatic amines is 1. The van der Waals surface area contributed by atoms with E-state index in [1.165, 1.54) is 55.1 Å². The smallest absolute Gasteiger partial charge is 0.221 e. The van der Waals surface area contributed by atoms with Crippen molar-refractivity contribution in [1.82, 2.24) is 15.2 Å². The van der Waals surface area contributed by atoms with Crippen molar-refractivity contribution in [2.45, 2.75) is 56.9 Å². The van der Waals surface area contributed by atoms with E-state index in [0.717, 1.165) is 19.6 Å². The van der Waals surface area contributed by atoms with Gasteiger partial charge in [0.1, 0.15) is 0 Å². The van der Waals surface area contributed by atoms with Crippen LogP contribution in [0.4, 0.5) is 0 Å². The molecule has 1 saturated carbocycles. The third kappa shape index (κ3) is 4.06. The molecule has 1 aromatic heterocycles. The number of nitrogens with one attached hydrogen (secondary N) is 2. The number of hydrogen-bond donors (Lipinski definition) is 2. The molecule has 2 fully saturated rings. The fourth-order valence-electron chi connectivity index (χ4n) is 4.41. The number of carbonyl (C=O) groups is 1. The van der Waals surface area contributed by atoms with Crippen molar-refractivity contribution in [2.75, 3.05) is 19.6 Å². The topological polar surface area (TPSA) is 48.1 Å². The normalized spacial score (nSPS) is 20.3. The number of aromatic nitrogens is 1. The number of hydrogen-bond acceptors (Lipinski definition) is 2. The van der Waals surface area contributed by atoms with Gasteiger partial charge in [0.2, 0.25) is 5.91 Å². The Labute approximate surface area is 150 Å². The first-order chi connectivity index (χ1) is 12.3. The number of rotatable bonds is 5. The molecule has 25 heavy (non-hydrogen) atoms. The SMILES string of the molecule is O=C(CCN1CCC(c2cc3ccccc3[nH]2)CC1)NC1CCCC1. The fraction of sp³-hybridized carbons (Fsp3) is 0.571. The maximum atomic E-state index is 12.1. The van der Waals surface area contributed by atoms with Gasteiger partial charge in [0.05, 0.1) is 0 Å². The molecule has 0 atom stereocenters. The molecule has 4 rings (SSSR count). The molecule has 1 saturated heterocycles. The highest BCUT2D eigenvalue weighted by atomic mass is 16.1. The maximum Gasteiger partial charge on any atom is 0.221 e. The molecule has 2 aromatic rings. The van der Waals surface area contributed by atoms with E-state index in [0.29, 0.717) is 18.4 Å². The second-order valence-corrected chi connectivity index (χ2v) is 7.73. The molecule has 134 valence electrons. The van der Waals surface area contributed by atoms with Crippen LogP contribution in [0.25, 0.3) is 10.9 Å². The van der Waals surface area contributed by atoms with Crippen molar-refractivity contribution < 1.29 is 4.79 Å². The van der Waals surface area contributed by atoms with Crippen LogP contribution in [0.1, 0.15) is 56.6 Å². The average molecular weight is 339 g/mol. The molecule has 2 aliphatic rings. The van der Waals surface area contributed by atoms with E-state index < -0.39 is 0 Å². The van der Waals surface area contributed by atoms with E-state index in [1.54, 1.807) is 0 Å². The number of carbonyl (C=O) groups excluding carboxylic acids is 1. The summed E-state index contributed by atoms with van der Waals surface area (Å²) in [4.78, 5) is 18.1. The fourth-order valence-corrected chi connectivity index (χ4v) is 4.41. The first-order valence-electron chi connectivity index (χ1n) is 9.87. The number of likely N-dealkylation sites (tertiary alicyclic amines) is 1. The second kappa shape index (κ2) is 7.61. The molecule has 1 aliphatic heterocycles. The highest BCUT2D eigenvalue weighted by Gasteiger charge is 2.23. The first-order valence-corrected chi connectivity index (χ1v) is 9.87. The van der Waals surface area contributed by atoms with Gasteiger partial charge >= 0.3 is 0 Å². The number of benzene rings is 1. The van der Waals surface area contributed by atoms with E-state index in [9.17, 15) is 4.79 Å². The molecule has 0 unspecified atom stereocenters. The first kappa shape index (κ1) is 16.6. The summed E-state index contributed by atoms with van der Waals surface area (Å²) in [6.45, 7) is 3.09. The Bertz CT molecular complexity index is 676. The van der Waals surface area contributed by atoms with Gasteiger partial charge in [0.15, 0.2) is 0 Å². The van der Waals surface area contributed by atoms with Crippen LogP contribution in [0, 0.1) is 0 Å². The van der Waals surface area contributed by atoms with Gasteiger partial charge in [-0.1, -0.05) is 31.0 Å². The zero-order valence-electron chi connectivity index (χ0n) is 15.0. The summed E-state index contributed by atoms with van der Waals surface area (Å²) in [6.07, 6.45) is 7.88. The minimum absolute atomic E-state index is 0.240. The van der Waals surface area contributed by atoms with Gasteiger partial charge in [-0.25, -0.2) is 0 Å². The van der Waals surface area contributed by atoms with Crippen molar-refractivity contribution in [2.24, 2.45) is 0 Å². The van der Waals surface area contributed by atoms with Crippen LogP contribution in [0.2, 0.25) is 0 Å². The number of nitrogens with zero attached hydrogens (tertiary/aromatic N) is 1. The molecule has 4 heteroatoms. The van der Waals surface area contributed by atoms with Crippen molar-refractivity contribution in [3.63, 3.8) is 0 Å². The predicted molar refractivity (Wildman–Crippen MR) is 102 cm³/mol. The van der Waals surface area contributed by atoms with E-state index in [1.807, 2.05) is 0 Å². The lowest BCUT2D eigenvalue weighted by molar-refractivity contribution is -0.122. The lowest BCUT2D eigenvalue weighted by atomic mass is 9.93. The monoisotopic (exact) mass is 339 g/mol. The van der Waals surface area contributed by atoms with E-state index >= 15 is 0 Å². The summed E-state index contributed by atoms with van der Waals surface area (Å²) >= 11 is 0. The molecule has 2 heterocycles. The zero-order valence-corrected chi connectivity index (χ0v) is 15.0. The third-order valence-electron chi connectivity index (χ3n) is 5.95. The Morgan fingerprint density at radius 2 is 1.88 bits per heavy atom. The second-order valence-electron chi connectivity index (χ2n) is 7.73. The van der Waals surface area contributed by atoms with Crippen LogP contribution in [0.3, 0.4) is 0 Å². The highest BCUT2D eigenvalue weighted by molar-refractivity contribution is 5.80. The predicted octanol–water partition coefficient (Wildman–Crippen LogP) is 3.80. The van der Waals surface area contributed by atoms with Gasteiger partial charge in [-0.2, -0.15) is 0 Å². The van der Waals surface area contributed by atoms with Gasteiger partial charge in [0.25, 0.3) is 0 Å². The Balaban J connectivity index is 1.23. The summed E-state index contributed by atoms with van der Waals surface area (Å²) in [5.74, 6) is 0.862. The van der Waals surface area contributed by atoms with Gasteiger partial charge in [-0.3, -0.25) is 4.79 Å². The van der Waals surface area contributed by atoms with Crippen molar-refractivity contribution in [3.8, 4) is 0 Å². The summed E-state index contributed by atoms with van der Waals surface area (Å²) in [7, 11) is 0.